The van der Waals surface area contributed by atoms with Crippen molar-refractivity contribution in [2.45, 2.75) is 44.8 Å². The second-order valence-electron chi connectivity index (χ2n) is 6.47. The average Bonchev–Trinajstić information content (AvgIpc) is 3.33. The summed E-state index contributed by atoms with van der Waals surface area (Å²) >= 11 is 6.12. The molecule has 0 radical (unpaired) electrons. The summed E-state index contributed by atoms with van der Waals surface area (Å²) in [4.78, 5) is 8.88. The van der Waals surface area contributed by atoms with Gasteiger partial charge in [0.05, 0.1) is 7.11 Å². The van der Waals surface area contributed by atoms with E-state index in [1.165, 1.54) is 5.56 Å². The van der Waals surface area contributed by atoms with E-state index in [0.717, 1.165) is 48.0 Å². The molecule has 2 heterocycles. The van der Waals surface area contributed by atoms with E-state index in [4.69, 9.17) is 21.1 Å². The fourth-order valence-corrected chi connectivity index (χ4v) is 3.24. The second kappa shape index (κ2) is 6.13. The minimum Gasteiger partial charge on any atom is -0.496 e. The molecule has 1 aliphatic heterocycles. The van der Waals surface area contributed by atoms with Crippen LogP contribution >= 0.6 is 11.6 Å². The van der Waals surface area contributed by atoms with Crippen LogP contribution in [0.4, 0.5) is 5.82 Å². The summed E-state index contributed by atoms with van der Waals surface area (Å²) in [5.41, 5.74) is 2.23. The number of ether oxygens (including phenoxy) is 2. The maximum Gasteiger partial charge on any atom is 0.135 e. The summed E-state index contributed by atoms with van der Waals surface area (Å²) in [5.74, 6) is 3.85. The summed E-state index contributed by atoms with van der Waals surface area (Å²) in [6.45, 7) is 2.67. The number of nitrogens with one attached hydrogen (secondary N) is 1. The van der Waals surface area contributed by atoms with Crippen LogP contribution in [0.2, 0.25) is 5.15 Å². The Kier molecular flexibility index (Phi) is 3.96. The van der Waals surface area contributed by atoms with Crippen LogP contribution < -0.4 is 14.8 Å². The number of halogens is 1. The molecule has 1 aliphatic carbocycles. The van der Waals surface area contributed by atoms with Crippen molar-refractivity contribution in [3.8, 4) is 11.5 Å². The van der Waals surface area contributed by atoms with Gasteiger partial charge in [-0.1, -0.05) is 11.6 Å². The lowest BCUT2D eigenvalue weighted by molar-refractivity contribution is 0.254. The first kappa shape index (κ1) is 15.5. The van der Waals surface area contributed by atoms with Gasteiger partial charge in [0.15, 0.2) is 0 Å². The topological polar surface area (TPSA) is 56.3 Å². The highest BCUT2D eigenvalue weighted by molar-refractivity contribution is 6.29. The number of benzene rings is 1. The van der Waals surface area contributed by atoms with Crippen molar-refractivity contribution in [1.29, 1.82) is 0 Å². The molecule has 4 rings (SSSR count). The van der Waals surface area contributed by atoms with Gasteiger partial charge >= 0.3 is 0 Å². The Morgan fingerprint density at radius 1 is 1.29 bits per heavy atom. The van der Waals surface area contributed by atoms with Crippen molar-refractivity contribution in [1.82, 2.24) is 9.97 Å². The lowest BCUT2D eigenvalue weighted by atomic mass is 10.1. The van der Waals surface area contributed by atoms with Gasteiger partial charge in [-0.25, -0.2) is 9.97 Å². The summed E-state index contributed by atoms with van der Waals surface area (Å²) in [7, 11) is 1.69. The number of hydrogen-bond donors (Lipinski definition) is 1. The molecule has 1 N–H and O–H groups in total. The lowest BCUT2D eigenvalue weighted by Gasteiger charge is -2.13. The third-order valence-corrected chi connectivity index (χ3v) is 4.61. The fraction of sp³-hybridized carbons (Fsp3) is 0.444. The Labute approximate surface area is 146 Å². The zero-order valence-electron chi connectivity index (χ0n) is 13.8. The average molecular weight is 346 g/mol. The molecule has 126 valence electrons. The molecule has 24 heavy (non-hydrogen) atoms. The van der Waals surface area contributed by atoms with Crippen LogP contribution in [0.1, 0.15) is 42.6 Å². The summed E-state index contributed by atoms with van der Waals surface area (Å²) in [6.07, 6.45) is 3.43. The van der Waals surface area contributed by atoms with Gasteiger partial charge in [-0.15, -0.1) is 0 Å². The number of nitrogens with zero attached hydrogens (tertiary/aromatic N) is 2. The third-order valence-electron chi connectivity index (χ3n) is 4.41. The highest BCUT2D eigenvalue weighted by Crippen LogP contribution is 2.39. The zero-order chi connectivity index (χ0) is 16.7. The standard InChI is InChI=1S/C18H20ClN3O2/c1-10-5-12-6-14(23-2)13(7-15(12)24-10)9-20-17-8-16(19)21-18(22-17)11-3-4-11/h6-8,10-11H,3-5,9H2,1-2H3,(H,20,21,22). The molecule has 0 amide bonds. The first-order valence-corrected chi connectivity index (χ1v) is 8.65. The number of hydrogen-bond acceptors (Lipinski definition) is 5. The van der Waals surface area contributed by atoms with Crippen molar-refractivity contribution in [3.63, 3.8) is 0 Å². The van der Waals surface area contributed by atoms with E-state index in [1.807, 2.05) is 0 Å². The van der Waals surface area contributed by atoms with Gasteiger partial charge in [0.25, 0.3) is 0 Å². The highest BCUT2D eigenvalue weighted by Gasteiger charge is 2.27. The fourth-order valence-electron chi connectivity index (χ4n) is 3.05. The number of aromatic nitrogens is 2. The van der Waals surface area contributed by atoms with Crippen molar-refractivity contribution in [3.05, 3.63) is 40.3 Å². The third kappa shape index (κ3) is 3.13. The molecular weight excluding hydrogens is 326 g/mol. The minimum absolute atomic E-state index is 0.217. The number of rotatable bonds is 5. The van der Waals surface area contributed by atoms with Crippen molar-refractivity contribution >= 4 is 17.4 Å². The van der Waals surface area contributed by atoms with Crippen LogP contribution in [-0.4, -0.2) is 23.2 Å². The summed E-state index contributed by atoms with van der Waals surface area (Å²) in [5, 5.41) is 3.81. The molecule has 5 nitrogen and oxygen atoms in total. The van der Waals surface area contributed by atoms with Gasteiger partial charge in [-0.3, -0.25) is 0 Å². The maximum atomic E-state index is 6.12. The van der Waals surface area contributed by atoms with Crippen molar-refractivity contribution < 1.29 is 9.47 Å². The van der Waals surface area contributed by atoms with E-state index in [-0.39, 0.29) is 6.10 Å². The van der Waals surface area contributed by atoms with Crippen molar-refractivity contribution in [2.24, 2.45) is 0 Å². The van der Waals surface area contributed by atoms with Crippen LogP contribution in [0, 0.1) is 0 Å². The first-order chi connectivity index (χ1) is 11.6. The molecule has 1 aromatic carbocycles. The van der Waals surface area contributed by atoms with Gasteiger partial charge in [0, 0.05) is 36.1 Å². The van der Waals surface area contributed by atoms with Crippen LogP contribution in [0.15, 0.2) is 18.2 Å². The molecule has 6 heteroatoms. The van der Waals surface area contributed by atoms with Gasteiger partial charge in [-0.2, -0.15) is 0 Å². The van der Waals surface area contributed by atoms with Crippen LogP contribution in [0.3, 0.4) is 0 Å². The number of methoxy groups -OCH3 is 1. The number of fused-ring (bicyclic) bond motifs is 1. The SMILES string of the molecule is COc1cc2c(cc1CNc1cc(Cl)nc(C3CC3)n1)OC(C)C2. The van der Waals surface area contributed by atoms with Gasteiger partial charge < -0.3 is 14.8 Å². The lowest BCUT2D eigenvalue weighted by Crippen LogP contribution is -2.06. The maximum absolute atomic E-state index is 6.12. The van der Waals surface area contributed by atoms with Gasteiger partial charge in [0.1, 0.15) is 34.4 Å². The van der Waals surface area contributed by atoms with Crippen LogP contribution in [0.25, 0.3) is 0 Å². The van der Waals surface area contributed by atoms with E-state index >= 15 is 0 Å². The molecule has 0 bridgehead atoms. The van der Waals surface area contributed by atoms with E-state index in [0.29, 0.717) is 17.6 Å². The summed E-state index contributed by atoms with van der Waals surface area (Å²) < 4.78 is 11.4. The predicted molar refractivity (Wildman–Crippen MR) is 93.1 cm³/mol. The molecular formula is C18H20ClN3O2. The molecule has 2 aromatic rings. The van der Waals surface area contributed by atoms with E-state index in [2.05, 4.69) is 34.3 Å². The molecule has 1 saturated carbocycles. The normalized spacial score (nSPS) is 18.9. The molecule has 1 unspecified atom stereocenters. The van der Waals surface area contributed by atoms with Gasteiger partial charge in [0.2, 0.25) is 0 Å². The molecule has 0 saturated heterocycles. The quantitative estimate of drug-likeness (QED) is 0.831. The van der Waals surface area contributed by atoms with E-state index in [1.54, 1.807) is 13.2 Å². The molecule has 0 spiro atoms. The molecule has 2 aliphatic rings. The van der Waals surface area contributed by atoms with Crippen LogP contribution in [0.5, 0.6) is 11.5 Å². The Balaban J connectivity index is 1.54. The first-order valence-electron chi connectivity index (χ1n) is 8.27. The Hall–Kier alpha value is -2.01. The second-order valence-corrected chi connectivity index (χ2v) is 6.85. The minimum atomic E-state index is 0.217. The van der Waals surface area contributed by atoms with Crippen LogP contribution in [-0.2, 0) is 13.0 Å². The smallest absolute Gasteiger partial charge is 0.135 e. The van der Waals surface area contributed by atoms with Crippen molar-refractivity contribution in [2.75, 3.05) is 12.4 Å². The largest absolute Gasteiger partial charge is 0.496 e. The zero-order valence-corrected chi connectivity index (χ0v) is 14.6. The Morgan fingerprint density at radius 2 is 2.12 bits per heavy atom. The van der Waals surface area contributed by atoms with E-state index in [9.17, 15) is 0 Å². The monoisotopic (exact) mass is 345 g/mol. The predicted octanol–water partition coefficient (Wildman–Crippen LogP) is 3.95. The van der Waals surface area contributed by atoms with Gasteiger partial charge in [-0.05, 0) is 31.9 Å². The molecule has 1 aromatic heterocycles. The Morgan fingerprint density at radius 3 is 2.88 bits per heavy atom. The molecule has 1 fully saturated rings. The highest BCUT2D eigenvalue weighted by atomic mass is 35.5. The Bertz CT molecular complexity index is 777. The number of anilines is 1. The molecule has 1 atom stereocenters. The van der Waals surface area contributed by atoms with E-state index < -0.39 is 0 Å². The summed E-state index contributed by atoms with van der Waals surface area (Å²) in [6, 6.07) is 5.87.